The van der Waals surface area contributed by atoms with Gasteiger partial charge < -0.3 is 15.3 Å². The van der Waals surface area contributed by atoms with Crippen LogP contribution in [0, 0.1) is 10.1 Å². The molecule has 1 fully saturated rings. The van der Waals surface area contributed by atoms with E-state index in [1.54, 1.807) is 11.0 Å². The Balaban J connectivity index is 2.35. The van der Waals surface area contributed by atoms with E-state index in [1.165, 1.54) is 12.1 Å². The first-order chi connectivity index (χ1) is 10.0. The summed E-state index contributed by atoms with van der Waals surface area (Å²) in [5.74, 6) is -0.284. The number of piperidine rings is 1. The second-order valence-electron chi connectivity index (χ2n) is 5.03. The third-order valence-electron chi connectivity index (χ3n) is 3.51. The summed E-state index contributed by atoms with van der Waals surface area (Å²) in [6, 6.07) is 4.46. The minimum atomic E-state index is -0.524. The Morgan fingerprint density at radius 1 is 1.57 bits per heavy atom. The Hall–Kier alpha value is -2.15. The Morgan fingerprint density at radius 2 is 2.33 bits per heavy atom. The number of carbonyl (C=O) groups excluding carboxylic acids is 1. The van der Waals surface area contributed by atoms with E-state index in [2.05, 4.69) is 5.32 Å². The zero-order valence-corrected chi connectivity index (χ0v) is 11.9. The van der Waals surface area contributed by atoms with Gasteiger partial charge in [0.25, 0.3) is 11.6 Å². The van der Waals surface area contributed by atoms with Crippen molar-refractivity contribution in [3.8, 4) is 0 Å². The molecule has 2 N–H and O–H groups in total. The standard InChI is InChI=1S/C14H19N3O4/c1-2-15-13-11(6-3-7-12(13)17(20)21)14(19)16-8-4-5-10(18)9-16/h3,6-7,10,15,18H,2,4-5,8-9H2,1H3. The fraction of sp³-hybridized carbons (Fsp3) is 0.500. The molecule has 0 radical (unpaired) electrons. The summed E-state index contributed by atoms with van der Waals surface area (Å²) in [6.45, 7) is 3.13. The summed E-state index contributed by atoms with van der Waals surface area (Å²) in [4.78, 5) is 24.7. The molecule has 0 saturated carbocycles. The SMILES string of the molecule is CCNc1c(C(=O)N2CCCC(O)C2)cccc1[N+](=O)[O-]. The van der Waals surface area contributed by atoms with Crippen molar-refractivity contribution in [2.75, 3.05) is 25.0 Å². The van der Waals surface area contributed by atoms with Crippen LogP contribution in [0.1, 0.15) is 30.1 Å². The first-order valence-electron chi connectivity index (χ1n) is 7.03. The van der Waals surface area contributed by atoms with E-state index < -0.39 is 11.0 Å². The number of nitro groups is 1. The quantitative estimate of drug-likeness (QED) is 0.649. The molecule has 1 aliphatic heterocycles. The summed E-state index contributed by atoms with van der Waals surface area (Å²) in [5, 5.41) is 23.7. The van der Waals surface area contributed by atoms with E-state index in [9.17, 15) is 20.0 Å². The number of nitrogens with zero attached hydrogens (tertiary/aromatic N) is 2. The Kier molecular flexibility index (Phi) is 4.74. The molecule has 1 aromatic carbocycles. The van der Waals surface area contributed by atoms with E-state index in [-0.39, 0.29) is 29.4 Å². The van der Waals surface area contributed by atoms with Crippen molar-refractivity contribution in [1.29, 1.82) is 0 Å². The number of likely N-dealkylation sites (tertiary alicyclic amines) is 1. The second-order valence-corrected chi connectivity index (χ2v) is 5.03. The van der Waals surface area contributed by atoms with Crippen molar-refractivity contribution in [2.45, 2.75) is 25.9 Å². The largest absolute Gasteiger partial charge is 0.391 e. The van der Waals surface area contributed by atoms with Gasteiger partial charge in [-0.3, -0.25) is 14.9 Å². The number of hydrogen-bond acceptors (Lipinski definition) is 5. The normalized spacial score (nSPS) is 18.4. The van der Waals surface area contributed by atoms with Gasteiger partial charge in [-0.15, -0.1) is 0 Å². The van der Waals surface area contributed by atoms with E-state index in [0.29, 0.717) is 19.5 Å². The molecule has 0 aromatic heterocycles. The lowest BCUT2D eigenvalue weighted by Gasteiger charge is -2.30. The number of aliphatic hydroxyl groups excluding tert-OH is 1. The van der Waals surface area contributed by atoms with E-state index in [4.69, 9.17) is 0 Å². The molecular weight excluding hydrogens is 274 g/mol. The predicted molar refractivity (Wildman–Crippen MR) is 78.4 cm³/mol. The number of carbonyl (C=O) groups is 1. The van der Waals surface area contributed by atoms with Crippen LogP contribution in [-0.4, -0.2) is 46.6 Å². The van der Waals surface area contributed by atoms with Gasteiger partial charge in [0.15, 0.2) is 0 Å². The number of hydrogen-bond donors (Lipinski definition) is 2. The molecular formula is C14H19N3O4. The van der Waals surface area contributed by atoms with Crippen LogP contribution < -0.4 is 5.32 Å². The van der Waals surface area contributed by atoms with E-state index in [0.717, 1.165) is 6.42 Å². The lowest BCUT2D eigenvalue weighted by molar-refractivity contribution is -0.384. The average molecular weight is 293 g/mol. The summed E-state index contributed by atoms with van der Waals surface area (Å²) in [6.07, 6.45) is 0.890. The molecule has 1 atom stereocenters. The first kappa shape index (κ1) is 15.2. The van der Waals surface area contributed by atoms with Crippen LogP contribution in [-0.2, 0) is 0 Å². The predicted octanol–water partition coefficient (Wildman–Crippen LogP) is 1.62. The highest BCUT2D eigenvalue weighted by Crippen LogP contribution is 2.29. The third kappa shape index (κ3) is 3.30. The van der Waals surface area contributed by atoms with Crippen molar-refractivity contribution in [1.82, 2.24) is 4.90 Å². The molecule has 1 saturated heterocycles. The topological polar surface area (TPSA) is 95.7 Å². The molecule has 7 nitrogen and oxygen atoms in total. The monoisotopic (exact) mass is 293 g/mol. The number of nitro benzene ring substituents is 1. The summed E-state index contributed by atoms with van der Waals surface area (Å²) < 4.78 is 0. The molecule has 1 aliphatic rings. The second kappa shape index (κ2) is 6.53. The number of aliphatic hydroxyl groups is 1. The van der Waals surface area contributed by atoms with Crippen LogP contribution in [0.5, 0.6) is 0 Å². The summed E-state index contributed by atoms with van der Waals surface area (Å²) >= 11 is 0. The summed E-state index contributed by atoms with van der Waals surface area (Å²) in [7, 11) is 0. The Labute approximate surface area is 122 Å². The van der Waals surface area contributed by atoms with E-state index >= 15 is 0 Å². The van der Waals surface area contributed by atoms with Gasteiger partial charge in [-0.25, -0.2) is 0 Å². The molecule has 114 valence electrons. The number of rotatable bonds is 4. The van der Waals surface area contributed by atoms with Crippen molar-refractivity contribution >= 4 is 17.3 Å². The lowest BCUT2D eigenvalue weighted by atomic mass is 10.1. The highest BCUT2D eigenvalue weighted by Gasteiger charge is 2.27. The van der Waals surface area contributed by atoms with Crippen molar-refractivity contribution in [2.24, 2.45) is 0 Å². The van der Waals surface area contributed by atoms with Crippen LogP contribution >= 0.6 is 0 Å². The maximum absolute atomic E-state index is 12.6. The average Bonchev–Trinajstić information content (AvgIpc) is 2.47. The summed E-state index contributed by atoms with van der Waals surface area (Å²) in [5.41, 5.74) is 0.412. The minimum Gasteiger partial charge on any atom is -0.391 e. The van der Waals surface area contributed by atoms with Crippen LogP contribution in [0.4, 0.5) is 11.4 Å². The van der Waals surface area contributed by atoms with Crippen LogP contribution in [0.15, 0.2) is 18.2 Å². The van der Waals surface area contributed by atoms with Gasteiger partial charge in [-0.1, -0.05) is 6.07 Å². The fourth-order valence-electron chi connectivity index (χ4n) is 2.54. The zero-order valence-electron chi connectivity index (χ0n) is 11.9. The maximum atomic E-state index is 12.6. The van der Waals surface area contributed by atoms with Crippen molar-refractivity contribution in [3.05, 3.63) is 33.9 Å². The van der Waals surface area contributed by atoms with Gasteiger partial charge in [0, 0.05) is 25.7 Å². The molecule has 0 spiro atoms. The number of amides is 1. The number of benzene rings is 1. The van der Waals surface area contributed by atoms with Gasteiger partial charge in [-0.2, -0.15) is 0 Å². The molecule has 0 bridgehead atoms. The fourth-order valence-corrected chi connectivity index (χ4v) is 2.54. The molecule has 2 rings (SSSR count). The smallest absolute Gasteiger partial charge is 0.293 e. The molecule has 1 unspecified atom stereocenters. The molecule has 1 heterocycles. The molecule has 7 heteroatoms. The van der Waals surface area contributed by atoms with Gasteiger partial charge in [0.05, 0.1) is 16.6 Å². The van der Waals surface area contributed by atoms with Crippen LogP contribution in [0.3, 0.4) is 0 Å². The molecule has 1 aromatic rings. The molecule has 21 heavy (non-hydrogen) atoms. The van der Waals surface area contributed by atoms with Gasteiger partial charge in [-0.05, 0) is 25.8 Å². The number of anilines is 1. The van der Waals surface area contributed by atoms with Crippen LogP contribution in [0.25, 0.3) is 0 Å². The highest BCUT2D eigenvalue weighted by atomic mass is 16.6. The Bertz CT molecular complexity index is 547. The van der Waals surface area contributed by atoms with E-state index in [1.807, 2.05) is 6.92 Å². The molecule has 1 amide bonds. The minimum absolute atomic E-state index is 0.111. The first-order valence-corrected chi connectivity index (χ1v) is 7.03. The molecule has 0 aliphatic carbocycles. The van der Waals surface area contributed by atoms with Crippen molar-refractivity contribution < 1.29 is 14.8 Å². The van der Waals surface area contributed by atoms with Gasteiger partial charge in [0.1, 0.15) is 5.69 Å². The Morgan fingerprint density at radius 3 is 2.95 bits per heavy atom. The maximum Gasteiger partial charge on any atom is 0.293 e. The lowest BCUT2D eigenvalue weighted by Crippen LogP contribution is -2.42. The van der Waals surface area contributed by atoms with Crippen molar-refractivity contribution in [3.63, 3.8) is 0 Å². The van der Waals surface area contributed by atoms with Gasteiger partial charge >= 0.3 is 0 Å². The number of β-amino-alcohol motifs (C(OH)–C–C–N with tert-alkyl or cyclic N) is 1. The number of para-hydroxylation sites is 1. The van der Waals surface area contributed by atoms with Gasteiger partial charge in [0.2, 0.25) is 0 Å². The van der Waals surface area contributed by atoms with Crippen LogP contribution in [0.2, 0.25) is 0 Å². The third-order valence-corrected chi connectivity index (χ3v) is 3.51. The highest BCUT2D eigenvalue weighted by molar-refractivity contribution is 6.01. The zero-order chi connectivity index (χ0) is 15.4. The number of nitrogens with one attached hydrogen (secondary N) is 1.